The van der Waals surface area contributed by atoms with Crippen LogP contribution in [-0.2, 0) is 4.79 Å². The maximum atomic E-state index is 12.6. The summed E-state index contributed by atoms with van der Waals surface area (Å²) in [7, 11) is 0. The third kappa shape index (κ3) is 4.25. The number of nitrogens with zero attached hydrogens (tertiary/aromatic N) is 3. The molecule has 3 rings (SSSR count). The van der Waals surface area contributed by atoms with Gasteiger partial charge in [-0.2, -0.15) is 4.98 Å². The highest BCUT2D eigenvalue weighted by atomic mass is 35.5. The Bertz CT molecular complexity index is 541. The Morgan fingerprint density at radius 3 is 2.74 bits per heavy atom. The largest absolute Gasteiger partial charge is 0.368 e. The van der Waals surface area contributed by atoms with Crippen molar-refractivity contribution < 1.29 is 4.79 Å². The number of carbonyl (C=O) groups excluding carboxylic acids is 1. The molecule has 1 aliphatic carbocycles. The summed E-state index contributed by atoms with van der Waals surface area (Å²) in [6.45, 7) is 1.52. The zero-order valence-electron chi connectivity index (χ0n) is 13.3. The molecule has 0 bridgehead atoms. The Morgan fingerprint density at radius 1 is 1.22 bits per heavy atom. The molecule has 0 unspecified atom stereocenters. The van der Waals surface area contributed by atoms with Crippen molar-refractivity contribution in [1.82, 2.24) is 15.3 Å². The number of halogens is 1. The summed E-state index contributed by atoms with van der Waals surface area (Å²) in [5.41, 5.74) is 5.67. The molecule has 0 aromatic carbocycles. The van der Waals surface area contributed by atoms with Gasteiger partial charge in [-0.1, -0.05) is 30.9 Å². The first-order valence-corrected chi connectivity index (χ1v) is 8.85. The molecule has 6 nitrogen and oxygen atoms in total. The number of rotatable bonds is 3. The van der Waals surface area contributed by atoms with E-state index in [1.54, 1.807) is 6.07 Å². The Morgan fingerprint density at radius 2 is 2.00 bits per heavy atom. The Balaban J connectivity index is 1.62. The van der Waals surface area contributed by atoms with E-state index >= 15 is 0 Å². The summed E-state index contributed by atoms with van der Waals surface area (Å²) in [6.07, 6.45) is 7.84. The standard InChI is InChI=1S/C16H24ClN5O/c17-13-9-14(21-16(18)20-13)22-8-4-5-11(10-22)15(23)19-12-6-2-1-3-7-12/h9,11-12H,1-8,10H2,(H,19,23)(H2,18,20,21)/t11-/m0/s1. The highest BCUT2D eigenvalue weighted by Crippen LogP contribution is 2.25. The third-order valence-corrected chi connectivity index (χ3v) is 4.96. The predicted octanol–water partition coefficient (Wildman–Crippen LogP) is 2.38. The summed E-state index contributed by atoms with van der Waals surface area (Å²) in [6, 6.07) is 2.06. The van der Waals surface area contributed by atoms with Gasteiger partial charge in [0.25, 0.3) is 0 Å². The number of nitrogens with one attached hydrogen (secondary N) is 1. The lowest BCUT2D eigenvalue weighted by atomic mass is 9.93. The monoisotopic (exact) mass is 337 g/mol. The molecule has 2 heterocycles. The number of anilines is 2. The molecular formula is C16H24ClN5O. The van der Waals surface area contributed by atoms with Gasteiger partial charge in [0.15, 0.2) is 0 Å². The van der Waals surface area contributed by atoms with Crippen LogP contribution in [0.1, 0.15) is 44.9 Å². The molecule has 3 N–H and O–H groups in total. The van der Waals surface area contributed by atoms with E-state index in [2.05, 4.69) is 20.2 Å². The number of aromatic nitrogens is 2. The van der Waals surface area contributed by atoms with Gasteiger partial charge in [0.2, 0.25) is 11.9 Å². The van der Waals surface area contributed by atoms with Crippen LogP contribution in [0.3, 0.4) is 0 Å². The number of carbonyl (C=O) groups is 1. The Labute approximate surface area is 141 Å². The van der Waals surface area contributed by atoms with E-state index in [9.17, 15) is 4.79 Å². The average Bonchev–Trinajstić information content (AvgIpc) is 2.55. The second kappa shape index (κ2) is 7.34. The zero-order chi connectivity index (χ0) is 16.2. The smallest absolute Gasteiger partial charge is 0.225 e. The van der Waals surface area contributed by atoms with Crippen LogP contribution in [0.15, 0.2) is 6.07 Å². The van der Waals surface area contributed by atoms with E-state index in [1.807, 2.05) is 0 Å². The van der Waals surface area contributed by atoms with Crippen LogP contribution < -0.4 is 16.0 Å². The van der Waals surface area contributed by atoms with Crippen LogP contribution in [-0.4, -0.2) is 35.0 Å². The second-order valence-corrected chi connectivity index (χ2v) is 6.92. The average molecular weight is 338 g/mol. The van der Waals surface area contributed by atoms with Gasteiger partial charge in [0.05, 0.1) is 5.92 Å². The molecule has 1 saturated carbocycles. The summed E-state index contributed by atoms with van der Waals surface area (Å²) in [4.78, 5) is 22.8. The van der Waals surface area contributed by atoms with Gasteiger partial charge in [0.1, 0.15) is 11.0 Å². The van der Waals surface area contributed by atoms with E-state index in [0.29, 0.717) is 23.6 Å². The van der Waals surface area contributed by atoms with Gasteiger partial charge < -0.3 is 16.0 Å². The minimum atomic E-state index is 0.000594. The van der Waals surface area contributed by atoms with Crippen LogP contribution in [0.5, 0.6) is 0 Å². The van der Waals surface area contributed by atoms with E-state index < -0.39 is 0 Å². The lowest BCUT2D eigenvalue weighted by Crippen LogP contribution is -2.46. The molecule has 0 spiro atoms. The summed E-state index contributed by atoms with van der Waals surface area (Å²) in [5, 5.41) is 3.57. The molecular weight excluding hydrogens is 314 g/mol. The SMILES string of the molecule is Nc1nc(Cl)cc(N2CCC[C@H](C(=O)NC3CCCCC3)C2)n1. The fourth-order valence-corrected chi connectivity index (χ4v) is 3.73. The minimum Gasteiger partial charge on any atom is -0.368 e. The molecule has 23 heavy (non-hydrogen) atoms. The fraction of sp³-hybridized carbons (Fsp3) is 0.688. The predicted molar refractivity (Wildman–Crippen MR) is 91.4 cm³/mol. The van der Waals surface area contributed by atoms with Gasteiger partial charge in [-0.25, -0.2) is 4.98 Å². The molecule has 1 aromatic heterocycles. The molecule has 1 atom stereocenters. The lowest BCUT2D eigenvalue weighted by molar-refractivity contribution is -0.126. The van der Waals surface area contributed by atoms with Crippen LogP contribution >= 0.6 is 11.6 Å². The highest BCUT2D eigenvalue weighted by molar-refractivity contribution is 6.29. The molecule has 1 amide bonds. The van der Waals surface area contributed by atoms with Gasteiger partial charge >= 0.3 is 0 Å². The second-order valence-electron chi connectivity index (χ2n) is 6.54. The quantitative estimate of drug-likeness (QED) is 0.827. The van der Waals surface area contributed by atoms with Crippen molar-refractivity contribution in [3.05, 3.63) is 11.2 Å². The van der Waals surface area contributed by atoms with Crippen molar-refractivity contribution in [3.63, 3.8) is 0 Å². The Kier molecular flexibility index (Phi) is 5.20. The van der Waals surface area contributed by atoms with Crippen molar-refractivity contribution in [2.45, 2.75) is 51.0 Å². The molecule has 126 valence electrons. The van der Waals surface area contributed by atoms with Gasteiger partial charge in [0, 0.05) is 25.2 Å². The van der Waals surface area contributed by atoms with E-state index in [0.717, 1.165) is 32.2 Å². The first-order chi connectivity index (χ1) is 11.1. The van der Waals surface area contributed by atoms with E-state index in [1.165, 1.54) is 19.3 Å². The van der Waals surface area contributed by atoms with Crippen molar-refractivity contribution in [2.75, 3.05) is 23.7 Å². The minimum absolute atomic E-state index is 0.000594. The molecule has 2 fully saturated rings. The number of piperidine rings is 1. The van der Waals surface area contributed by atoms with E-state index in [-0.39, 0.29) is 17.8 Å². The normalized spacial score (nSPS) is 22.8. The van der Waals surface area contributed by atoms with Crippen LogP contribution in [0.2, 0.25) is 5.15 Å². The van der Waals surface area contributed by atoms with Gasteiger partial charge in [-0.3, -0.25) is 4.79 Å². The zero-order valence-corrected chi connectivity index (χ0v) is 14.1. The van der Waals surface area contributed by atoms with E-state index in [4.69, 9.17) is 17.3 Å². The highest BCUT2D eigenvalue weighted by Gasteiger charge is 2.28. The molecule has 1 saturated heterocycles. The number of hydrogen-bond acceptors (Lipinski definition) is 5. The summed E-state index contributed by atoms with van der Waals surface area (Å²) in [5.74, 6) is 1.05. The van der Waals surface area contributed by atoms with Crippen LogP contribution in [0.25, 0.3) is 0 Å². The first-order valence-electron chi connectivity index (χ1n) is 8.47. The number of hydrogen-bond donors (Lipinski definition) is 2. The third-order valence-electron chi connectivity index (χ3n) is 4.77. The summed E-state index contributed by atoms with van der Waals surface area (Å²) < 4.78 is 0. The number of amides is 1. The molecule has 2 aliphatic rings. The van der Waals surface area contributed by atoms with Crippen molar-refractivity contribution in [3.8, 4) is 0 Å². The number of nitrogen functional groups attached to an aromatic ring is 1. The lowest BCUT2D eigenvalue weighted by Gasteiger charge is -2.34. The maximum absolute atomic E-state index is 12.6. The molecule has 1 aromatic rings. The van der Waals surface area contributed by atoms with Crippen molar-refractivity contribution in [1.29, 1.82) is 0 Å². The van der Waals surface area contributed by atoms with Gasteiger partial charge in [-0.05, 0) is 25.7 Å². The first kappa shape index (κ1) is 16.3. The van der Waals surface area contributed by atoms with Crippen LogP contribution in [0, 0.1) is 5.92 Å². The fourth-order valence-electron chi connectivity index (χ4n) is 3.55. The summed E-state index contributed by atoms with van der Waals surface area (Å²) >= 11 is 5.96. The van der Waals surface area contributed by atoms with Crippen molar-refractivity contribution >= 4 is 29.3 Å². The molecule has 7 heteroatoms. The van der Waals surface area contributed by atoms with Crippen LogP contribution in [0.4, 0.5) is 11.8 Å². The van der Waals surface area contributed by atoms with Gasteiger partial charge in [-0.15, -0.1) is 0 Å². The van der Waals surface area contributed by atoms with Crippen molar-refractivity contribution in [2.24, 2.45) is 5.92 Å². The molecule has 1 aliphatic heterocycles. The number of nitrogens with two attached hydrogens (primary N) is 1. The topological polar surface area (TPSA) is 84.1 Å². The maximum Gasteiger partial charge on any atom is 0.225 e. The Hall–Kier alpha value is -1.56. The molecule has 0 radical (unpaired) electrons.